The van der Waals surface area contributed by atoms with Gasteiger partial charge in [0.25, 0.3) is 11.8 Å². The van der Waals surface area contributed by atoms with E-state index in [-0.39, 0.29) is 11.8 Å². The van der Waals surface area contributed by atoms with Crippen LogP contribution in [0.1, 0.15) is 318 Å². The van der Waals surface area contributed by atoms with Gasteiger partial charge >= 0.3 is 0 Å². The lowest BCUT2D eigenvalue weighted by molar-refractivity contribution is 0.0937. The lowest BCUT2D eigenvalue weighted by Gasteiger charge is -2.14. The zero-order valence-corrected chi connectivity index (χ0v) is 42.0. The van der Waals surface area contributed by atoms with Gasteiger partial charge in [-0.1, -0.05) is 278 Å². The molecule has 0 aromatic heterocycles. The molecule has 1 aromatic rings. The van der Waals surface area contributed by atoms with Gasteiger partial charge in [0.05, 0.1) is 12.2 Å². The number of rotatable bonds is 49. The molecule has 0 aliphatic rings. The molecule has 0 saturated carbocycles. The first-order valence-electron chi connectivity index (χ1n) is 28.0. The number of ether oxygens (including phenoxy) is 1. The second-order valence-corrected chi connectivity index (χ2v) is 19.2. The summed E-state index contributed by atoms with van der Waals surface area (Å²) in [6, 6.07) is 5.35. The van der Waals surface area contributed by atoms with Crippen molar-refractivity contribution in [3.8, 4) is 5.75 Å². The van der Waals surface area contributed by atoms with E-state index in [9.17, 15) is 9.59 Å². The Labute approximate surface area is 387 Å². The molecule has 2 N–H and O–H groups in total. The minimum atomic E-state index is -0.102. The number of carbonyl (C=O) groups is 2. The monoisotopic (exact) mass is 867 g/mol. The summed E-state index contributed by atoms with van der Waals surface area (Å²) in [6.07, 6.45) is 57.5. The maximum absolute atomic E-state index is 13.3. The third-order valence-corrected chi connectivity index (χ3v) is 13.1. The SMILES string of the molecule is CCCCCCCCCCCCCCCCCCCCCNC(=O)c1ccc(C(=O)NCCCCCCCCCCCCCCCCCCCCC)c(OCCCCCCC)c1. The van der Waals surface area contributed by atoms with Crippen LogP contribution in [0.3, 0.4) is 0 Å². The molecule has 0 unspecified atom stereocenters. The minimum absolute atomic E-state index is 0.0822. The summed E-state index contributed by atoms with van der Waals surface area (Å²) >= 11 is 0. The number of nitrogens with one attached hydrogen (secondary N) is 2. The summed E-state index contributed by atoms with van der Waals surface area (Å²) in [7, 11) is 0. The van der Waals surface area contributed by atoms with Crippen molar-refractivity contribution in [2.75, 3.05) is 19.7 Å². The Morgan fingerprint density at radius 1 is 0.355 bits per heavy atom. The highest BCUT2D eigenvalue weighted by molar-refractivity contribution is 6.00. The summed E-state index contributed by atoms with van der Waals surface area (Å²) < 4.78 is 6.18. The quantitative estimate of drug-likeness (QED) is 0.0641. The minimum Gasteiger partial charge on any atom is -0.493 e. The smallest absolute Gasteiger partial charge is 0.255 e. The largest absolute Gasteiger partial charge is 0.493 e. The number of hydrogen-bond acceptors (Lipinski definition) is 3. The average Bonchev–Trinajstić information content (AvgIpc) is 3.28. The van der Waals surface area contributed by atoms with Gasteiger partial charge < -0.3 is 15.4 Å². The molecule has 0 radical (unpaired) electrons. The topological polar surface area (TPSA) is 67.4 Å². The highest BCUT2D eigenvalue weighted by Gasteiger charge is 2.16. The van der Waals surface area contributed by atoms with Crippen LogP contribution in [0, 0.1) is 0 Å². The molecule has 0 atom stereocenters. The van der Waals surface area contributed by atoms with Crippen LogP contribution >= 0.6 is 0 Å². The first-order chi connectivity index (χ1) is 30.6. The molecule has 62 heavy (non-hydrogen) atoms. The third kappa shape index (κ3) is 37.3. The fourth-order valence-electron chi connectivity index (χ4n) is 8.87. The van der Waals surface area contributed by atoms with Crippen LogP contribution in [-0.2, 0) is 0 Å². The normalized spacial score (nSPS) is 11.3. The number of carbonyl (C=O) groups excluding carboxylic acids is 2. The summed E-state index contributed by atoms with van der Waals surface area (Å²) in [5.74, 6) is 0.345. The van der Waals surface area contributed by atoms with Gasteiger partial charge in [0.15, 0.2) is 0 Å². The molecular weight excluding hydrogens is 761 g/mol. The van der Waals surface area contributed by atoms with Crippen molar-refractivity contribution in [2.45, 2.75) is 297 Å². The molecule has 5 nitrogen and oxygen atoms in total. The number of unbranched alkanes of at least 4 members (excludes halogenated alkanes) is 40. The fraction of sp³-hybridized carbons (Fsp3) is 0.860. The van der Waals surface area contributed by atoms with E-state index in [1.807, 2.05) is 0 Å². The second kappa shape index (κ2) is 46.9. The van der Waals surface area contributed by atoms with Gasteiger partial charge in [-0.15, -0.1) is 0 Å². The summed E-state index contributed by atoms with van der Waals surface area (Å²) in [4.78, 5) is 26.4. The Bertz CT molecular complexity index is 1110. The van der Waals surface area contributed by atoms with Gasteiger partial charge in [0.1, 0.15) is 5.75 Å². The molecule has 2 amide bonds. The Morgan fingerprint density at radius 3 is 0.952 bits per heavy atom. The summed E-state index contributed by atoms with van der Waals surface area (Å²) in [5, 5.41) is 6.25. The zero-order valence-electron chi connectivity index (χ0n) is 42.0. The maximum atomic E-state index is 13.3. The van der Waals surface area contributed by atoms with Crippen LogP contribution in [0.2, 0.25) is 0 Å². The van der Waals surface area contributed by atoms with Crippen LogP contribution in [0.15, 0.2) is 18.2 Å². The molecule has 0 fully saturated rings. The van der Waals surface area contributed by atoms with E-state index in [0.29, 0.717) is 36.6 Å². The first-order valence-corrected chi connectivity index (χ1v) is 28.0. The van der Waals surface area contributed by atoms with Crippen LogP contribution in [0.4, 0.5) is 0 Å². The van der Waals surface area contributed by atoms with Crippen molar-refractivity contribution < 1.29 is 14.3 Å². The van der Waals surface area contributed by atoms with Gasteiger partial charge in [-0.2, -0.15) is 0 Å². The van der Waals surface area contributed by atoms with Crippen LogP contribution < -0.4 is 15.4 Å². The Kier molecular flexibility index (Phi) is 43.9. The Morgan fingerprint density at radius 2 is 0.629 bits per heavy atom. The van der Waals surface area contributed by atoms with Gasteiger partial charge in [-0.05, 0) is 37.5 Å². The van der Waals surface area contributed by atoms with E-state index in [4.69, 9.17) is 4.74 Å². The molecule has 5 heteroatoms. The van der Waals surface area contributed by atoms with Crippen LogP contribution in [-0.4, -0.2) is 31.5 Å². The molecule has 0 bridgehead atoms. The zero-order chi connectivity index (χ0) is 44.7. The van der Waals surface area contributed by atoms with Crippen molar-refractivity contribution in [3.05, 3.63) is 29.3 Å². The van der Waals surface area contributed by atoms with Crippen molar-refractivity contribution in [3.63, 3.8) is 0 Å². The fourth-order valence-corrected chi connectivity index (χ4v) is 8.87. The molecule has 0 aliphatic heterocycles. The van der Waals surface area contributed by atoms with Crippen molar-refractivity contribution in [1.82, 2.24) is 10.6 Å². The van der Waals surface area contributed by atoms with Crippen molar-refractivity contribution >= 4 is 11.8 Å². The van der Waals surface area contributed by atoms with Crippen LogP contribution in [0.5, 0.6) is 5.75 Å². The lowest BCUT2D eigenvalue weighted by Crippen LogP contribution is -2.26. The first kappa shape index (κ1) is 58.0. The standard InChI is InChI=1S/C57H106N2O3/c1-4-7-10-13-15-17-19-21-23-25-27-29-31-33-35-37-39-41-44-49-58-56(60)53-47-48-54(55(52-53)62-51-46-43-12-9-6-3)57(61)59-50-45-42-40-38-36-34-32-30-28-26-24-22-20-18-16-14-11-8-5-2/h47-48,52H,4-46,49-51H2,1-3H3,(H,58,60)(H,59,61). The van der Waals surface area contributed by atoms with E-state index in [1.165, 1.54) is 238 Å². The van der Waals surface area contributed by atoms with Crippen molar-refractivity contribution in [1.29, 1.82) is 0 Å². The number of amides is 2. The van der Waals surface area contributed by atoms with Crippen molar-refractivity contribution in [2.24, 2.45) is 0 Å². The van der Waals surface area contributed by atoms with E-state index in [0.717, 1.165) is 38.5 Å². The van der Waals surface area contributed by atoms with Gasteiger partial charge in [-0.3, -0.25) is 9.59 Å². The lowest BCUT2D eigenvalue weighted by atomic mass is 10.0. The molecule has 1 rings (SSSR count). The number of benzene rings is 1. The second-order valence-electron chi connectivity index (χ2n) is 19.2. The number of hydrogen-bond donors (Lipinski definition) is 2. The molecule has 0 aliphatic carbocycles. The highest BCUT2D eigenvalue weighted by Crippen LogP contribution is 2.23. The van der Waals surface area contributed by atoms with Gasteiger partial charge in [-0.25, -0.2) is 0 Å². The average molecular weight is 867 g/mol. The van der Waals surface area contributed by atoms with Gasteiger partial charge in [0.2, 0.25) is 0 Å². The van der Waals surface area contributed by atoms with Crippen LogP contribution in [0.25, 0.3) is 0 Å². The van der Waals surface area contributed by atoms with E-state index >= 15 is 0 Å². The molecule has 1 aromatic carbocycles. The molecule has 0 saturated heterocycles. The highest BCUT2D eigenvalue weighted by atomic mass is 16.5. The van der Waals surface area contributed by atoms with E-state index in [2.05, 4.69) is 31.4 Å². The third-order valence-electron chi connectivity index (χ3n) is 13.1. The Hall–Kier alpha value is -2.04. The predicted octanol–water partition coefficient (Wildman–Crippen LogP) is 18.4. The molecule has 0 spiro atoms. The maximum Gasteiger partial charge on any atom is 0.255 e. The van der Waals surface area contributed by atoms with E-state index in [1.54, 1.807) is 18.2 Å². The molecule has 0 heterocycles. The predicted molar refractivity (Wildman–Crippen MR) is 272 cm³/mol. The molecule has 362 valence electrons. The summed E-state index contributed by atoms with van der Waals surface area (Å²) in [6.45, 7) is 8.74. The summed E-state index contributed by atoms with van der Waals surface area (Å²) in [5.41, 5.74) is 1.10. The Balaban J connectivity index is 2.19. The van der Waals surface area contributed by atoms with Gasteiger partial charge in [0, 0.05) is 18.7 Å². The molecular formula is C57H106N2O3. The van der Waals surface area contributed by atoms with E-state index < -0.39 is 0 Å².